The molecule has 0 amide bonds. The summed E-state index contributed by atoms with van der Waals surface area (Å²) >= 11 is 5.24. The zero-order valence-corrected chi connectivity index (χ0v) is 18.0. The summed E-state index contributed by atoms with van der Waals surface area (Å²) in [6, 6.07) is 9.08. The summed E-state index contributed by atoms with van der Waals surface area (Å²) in [6.07, 6.45) is 1.92. The van der Waals surface area contributed by atoms with Crippen molar-refractivity contribution in [2.75, 3.05) is 33.2 Å². The molecule has 1 aliphatic heterocycles. The van der Waals surface area contributed by atoms with Crippen LogP contribution < -0.4 is 5.32 Å². The second kappa shape index (κ2) is 8.97. The highest BCUT2D eigenvalue weighted by molar-refractivity contribution is 9.10. The molecule has 1 aliphatic rings. The van der Waals surface area contributed by atoms with E-state index < -0.39 is 0 Å². The molecular weight excluding hydrogens is 410 g/mol. The Kier molecular flexibility index (Phi) is 6.67. The van der Waals surface area contributed by atoms with Gasteiger partial charge in [0.15, 0.2) is 5.96 Å². The number of nitrogens with zero attached hydrogens (tertiary/aromatic N) is 4. The normalized spacial score (nSPS) is 17.4. The Hall–Kier alpha value is -1.44. The number of rotatable bonds is 4. The molecule has 1 N–H and O–H groups in total. The highest BCUT2D eigenvalue weighted by Gasteiger charge is 2.23. The Labute approximate surface area is 168 Å². The highest BCUT2D eigenvalue weighted by Crippen LogP contribution is 2.23. The van der Waals surface area contributed by atoms with Crippen molar-refractivity contribution in [3.05, 3.63) is 50.4 Å². The number of thiazole rings is 1. The molecule has 7 heteroatoms. The van der Waals surface area contributed by atoms with Crippen LogP contribution in [-0.2, 0) is 6.54 Å². The molecule has 2 aromatic rings. The van der Waals surface area contributed by atoms with Crippen LogP contribution in [0, 0.1) is 6.92 Å². The molecule has 1 atom stereocenters. The zero-order chi connectivity index (χ0) is 18.5. The number of aryl methyl sites for hydroxylation is 1. The average molecular weight is 436 g/mol. The Morgan fingerprint density at radius 1 is 1.27 bits per heavy atom. The third-order valence-electron chi connectivity index (χ3n) is 4.79. The van der Waals surface area contributed by atoms with E-state index in [2.05, 4.69) is 79.1 Å². The van der Waals surface area contributed by atoms with E-state index in [1.807, 2.05) is 13.2 Å². The van der Waals surface area contributed by atoms with E-state index in [-0.39, 0.29) is 0 Å². The van der Waals surface area contributed by atoms with E-state index >= 15 is 0 Å². The molecule has 3 rings (SSSR count). The summed E-state index contributed by atoms with van der Waals surface area (Å²) in [4.78, 5) is 15.0. The Bertz CT molecular complexity index is 735. The minimum Gasteiger partial charge on any atom is -0.350 e. The second-order valence-corrected chi connectivity index (χ2v) is 8.75. The largest absolute Gasteiger partial charge is 0.350 e. The fraction of sp³-hybridized carbons (Fsp3) is 0.474. The maximum absolute atomic E-state index is 4.46. The summed E-state index contributed by atoms with van der Waals surface area (Å²) in [7, 11) is 1.85. The number of aliphatic imine (C=N–C) groups is 1. The summed E-state index contributed by atoms with van der Waals surface area (Å²) in [5, 5.41) is 4.55. The van der Waals surface area contributed by atoms with Gasteiger partial charge in [-0.05, 0) is 31.5 Å². The van der Waals surface area contributed by atoms with E-state index in [9.17, 15) is 0 Å². The lowest BCUT2D eigenvalue weighted by Crippen LogP contribution is -2.52. The smallest absolute Gasteiger partial charge is 0.194 e. The van der Waals surface area contributed by atoms with E-state index in [1.54, 1.807) is 11.3 Å². The first kappa shape index (κ1) is 19.3. The van der Waals surface area contributed by atoms with Crippen LogP contribution in [0.25, 0.3) is 0 Å². The molecule has 140 valence electrons. The van der Waals surface area contributed by atoms with Gasteiger partial charge in [-0.25, -0.2) is 4.98 Å². The summed E-state index contributed by atoms with van der Waals surface area (Å²) < 4.78 is 1.13. The minimum atomic E-state index is 0.429. The van der Waals surface area contributed by atoms with Gasteiger partial charge in [0.1, 0.15) is 5.01 Å². The summed E-state index contributed by atoms with van der Waals surface area (Å²) in [5.74, 6) is 0.966. The summed E-state index contributed by atoms with van der Waals surface area (Å²) in [5.41, 5.74) is 1.36. The summed E-state index contributed by atoms with van der Waals surface area (Å²) in [6.45, 7) is 9.15. The van der Waals surface area contributed by atoms with E-state index in [4.69, 9.17) is 0 Å². The van der Waals surface area contributed by atoms with Crippen LogP contribution in [0.2, 0.25) is 0 Å². The van der Waals surface area contributed by atoms with Crippen molar-refractivity contribution in [1.29, 1.82) is 0 Å². The van der Waals surface area contributed by atoms with Gasteiger partial charge in [0.2, 0.25) is 0 Å². The molecule has 5 nitrogen and oxygen atoms in total. The van der Waals surface area contributed by atoms with Crippen LogP contribution in [0.1, 0.15) is 28.4 Å². The lowest BCUT2D eigenvalue weighted by molar-refractivity contribution is 0.138. The number of halogens is 1. The highest BCUT2D eigenvalue weighted by atomic mass is 79.9. The Morgan fingerprint density at radius 3 is 2.54 bits per heavy atom. The fourth-order valence-corrected chi connectivity index (χ4v) is 4.23. The number of hydrogen-bond acceptors (Lipinski definition) is 4. The van der Waals surface area contributed by atoms with Crippen molar-refractivity contribution in [1.82, 2.24) is 20.1 Å². The van der Waals surface area contributed by atoms with Crippen molar-refractivity contribution in [2.45, 2.75) is 26.4 Å². The second-order valence-electron chi connectivity index (χ2n) is 6.52. The zero-order valence-electron chi connectivity index (χ0n) is 15.6. The van der Waals surface area contributed by atoms with Crippen LogP contribution in [0.3, 0.4) is 0 Å². The molecule has 1 unspecified atom stereocenters. The maximum Gasteiger partial charge on any atom is 0.194 e. The van der Waals surface area contributed by atoms with Gasteiger partial charge in [-0.15, -0.1) is 11.3 Å². The third-order valence-corrected chi connectivity index (χ3v) is 6.23. The molecule has 0 spiro atoms. The van der Waals surface area contributed by atoms with Gasteiger partial charge >= 0.3 is 0 Å². The quantitative estimate of drug-likeness (QED) is 0.587. The van der Waals surface area contributed by atoms with Gasteiger partial charge < -0.3 is 10.2 Å². The molecule has 2 heterocycles. The lowest BCUT2D eigenvalue weighted by Gasteiger charge is -2.39. The molecule has 1 aromatic heterocycles. The predicted molar refractivity (Wildman–Crippen MR) is 113 cm³/mol. The molecule has 1 aromatic carbocycles. The van der Waals surface area contributed by atoms with Gasteiger partial charge in [-0.3, -0.25) is 9.89 Å². The standard InChI is InChI=1S/C19H26BrN5S/c1-14-12-22-18(26-14)13-23-19(21-3)25-10-8-24(9-11-25)15(2)16-4-6-17(20)7-5-16/h4-7,12,15H,8-11,13H2,1-3H3,(H,21,23). The average Bonchev–Trinajstić information content (AvgIpc) is 3.08. The molecular formula is C19H26BrN5S. The molecule has 0 saturated carbocycles. The fourth-order valence-electron chi connectivity index (χ4n) is 3.24. The number of benzene rings is 1. The number of guanidine groups is 1. The van der Waals surface area contributed by atoms with Crippen molar-refractivity contribution < 1.29 is 0 Å². The number of hydrogen-bond donors (Lipinski definition) is 1. The number of piperazine rings is 1. The van der Waals surface area contributed by atoms with Crippen LogP contribution >= 0.6 is 27.3 Å². The third kappa shape index (κ3) is 4.84. The van der Waals surface area contributed by atoms with Gasteiger partial charge in [-0.2, -0.15) is 0 Å². The van der Waals surface area contributed by atoms with E-state index in [0.717, 1.165) is 48.2 Å². The first-order valence-electron chi connectivity index (χ1n) is 8.93. The van der Waals surface area contributed by atoms with E-state index in [0.29, 0.717) is 6.04 Å². The number of nitrogens with one attached hydrogen (secondary N) is 1. The first-order chi connectivity index (χ1) is 12.6. The lowest BCUT2D eigenvalue weighted by atomic mass is 10.1. The topological polar surface area (TPSA) is 43.8 Å². The Morgan fingerprint density at radius 2 is 1.96 bits per heavy atom. The molecule has 0 bridgehead atoms. The van der Waals surface area contributed by atoms with Crippen molar-refractivity contribution in [2.24, 2.45) is 4.99 Å². The van der Waals surface area contributed by atoms with Crippen LogP contribution in [0.15, 0.2) is 39.9 Å². The van der Waals surface area contributed by atoms with Crippen molar-refractivity contribution in [3.8, 4) is 0 Å². The van der Waals surface area contributed by atoms with Gasteiger partial charge in [0.05, 0.1) is 6.54 Å². The molecule has 1 fully saturated rings. The SMILES string of the molecule is CN=C(NCc1ncc(C)s1)N1CCN(C(C)c2ccc(Br)cc2)CC1. The molecule has 0 radical (unpaired) electrons. The van der Waals surface area contributed by atoms with Gasteiger partial charge in [0, 0.05) is 54.8 Å². The first-order valence-corrected chi connectivity index (χ1v) is 10.5. The monoisotopic (exact) mass is 435 g/mol. The minimum absolute atomic E-state index is 0.429. The van der Waals surface area contributed by atoms with Crippen molar-refractivity contribution >= 4 is 33.2 Å². The van der Waals surface area contributed by atoms with Gasteiger partial charge in [0.25, 0.3) is 0 Å². The molecule has 1 saturated heterocycles. The maximum atomic E-state index is 4.46. The van der Waals surface area contributed by atoms with Crippen LogP contribution in [0.4, 0.5) is 0 Å². The molecule has 0 aliphatic carbocycles. The van der Waals surface area contributed by atoms with E-state index in [1.165, 1.54) is 10.4 Å². The van der Waals surface area contributed by atoms with Crippen molar-refractivity contribution in [3.63, 3.8) is 0 Å². The van der Waals surface area contributed by atoms with Crippen LogP contribution in [0.5, 0.6) is 0 Å². The van der Waals surface area contributed by atoms with Crippen LogP contribution in [-0.4, -0.2) is 54.0 Å². The molecule has 26 heavy (non-hydrogen) atoms. The predicted octanol–water partition coefficient (Wildman–Crippen LogP) is 3.67. The van der Waals surface area contributed by atoms with Gasteiger partial charge in [-0.1, -0.05) is 28.1 Å². The Balaban J connectivity index is 1.52. The number of aromatic nitrogens is 1.